The average Bonchev–Trinajstić information content (AvgIpc) is 3.05. The smallest absolute Gasteiger partial charge is 0.339 e. The highest BCUT2D eigenvalue weighted by Crippen LogP contribution is 2.36. The number of anilines is 1. The molecule has 3 aromatic rings. The van der Waals surface area contributed by atoms with Crippen molar-refractivity contribution >= 4 is 33.7 Å². The molecule has 1 aromatic carbocycles. The van der Waals surface area contributed by atoms with E-state index >= 15 is 0 Å². The summed E-state index contributed by atoms with van der Waals surface area (Å²) in [6.45, 7) is 2.62. The number of benzene rings is 1. The fourth-order valence-corrected chi connectivity index (χ4v) is 3.26. The van der Waals surface area contributed by atoms with Gasteiger partial charge in [-0.05, 0) is 18.0 Å². The third kappa shape index (κ3) is 2.55. The highest BCUT2D eigenvalue weighted by atomic mass is 16.6. The number of piperazine rings is 1. The lowest BCUT2D eigenvalue weighted by Crippen LogP contribution is -2.44. The molecule has 27 heavy (non-hydrogen) atoms. The molecule has 0 atom stereocenters. The summed E-state index contributed by atoms with van der Waals surface area (Å²) < 4.78 is 0.986. The fourth-order valence-electron chi connectivity index (χ4n) is 3.26. The van der Waals surface area contributed by atoms with Gasteiger partial charge in [0.25, 0.3) is 5.52 Å². The summed E-state index contributed by atoms with van der Waals surface area (Å²) in [6.07, 6.45) is 0.925. The molecule has 3 heterocycles. The highest BCUT2D eigenvalue weighted by molar-refractivity contribution is 5.92. The van der Waals surface area contributed by atoms with Crippen LogP contribution in [0.2, 0.25) is 0 Å². The first-order valence-electron chi connectivity index (χ1n) is 8.05. The van der Waals surface area contributed by atoms with Gasteiger partial charge >= 0.3 is 17.0 Å². The van der Waals surface area contributed by atoms with Crippen LogP contribution in [0.15, 0.2) is 18.3 Å². The van der Waals surface area contributed by atoms with Crippen LogP contribution in [0.25, 0.3) is 16.7 Å². The van der Waals surface area contributed by atoms with Crippen molar-refractivity contribution < 1.29 is 14.7 Å². The molecule has 13 heteroatoms. The predicted octanol–water partition coefficient (Wildman–Crippen LogP) is 0.0841. The molecule has 2 aromatic heterocycles. The number of likely N-dealkylation sites (N-methyl/N-ethyl adjacent to an activating group) is 1. The zero-order chi connectivity index (χ0) is 19.3. The first kappa shape index (κ1) is 16.8. The molecule has 0 bridgehead atoms. The average molecular weight is 374 g/mol. The number of aromatic nitrogens is 4. The summed E-state index contributed by atoms with van der Waals surface area (Å²) in [5, 5.41) is 42.8. The standard InChI is InChI=1S/C14H14N8O5/c1-17-4-6-18(7-5-17)9-2-3-10-12(13(9)22(26)27)19-14(16-20(10)23)11(8-15-19)21(24)25/h2-3,8H,4-7H2,1H3. The van der Waals surface area contributed by atoms with Gasteiger partial charge in [0, 0.05) is 37.3 Å². The van der Waals surface area contributed by atoms with Crippen molar-refractivity contribution in [2.75, 3.05) is 38.1 Å². The normalized spacial score (nSPS) is 15.5. The van der Waals surface area contributed by atoms with Crippen LogP contribution < -0.4 is 9.75 Å². The lowest BCUT2D eigenvalue weighted by Gasteiger charge is -2.33. The van der Waals surface area contributed by atoms with Crippen molar-refractivity contribution in [1.29, 1.82) is 0 Å². The maximum Gasteiger partial charge on any atom is 0.339 e. The van der Waals surface area contributed by atoms with Gasteiger partial charge in [-0.25, -0.2) is 0 Å². The lowest BCUT2D eigenvalue weighted by molar-refractivity contribution is -0.640. The Bertz CT molecular complexity index is 1090. The van der Waals surface area contributed by atoms with Crippen molar-refractivity contribution in [3.05, 3.63) is 43.8 Å². The molecule has 0 unspecified atom stereocenters. The number of hydrogen-bond donors (Lipinski definition) is 0. The minimum absolute atomic E-state index is 0.0925. The van der Waals surface area contributed by atoms with Gasteiger partial charge in [0.1, 0.15) is 11.9 Å². The number of nitro benzene ring substituents is 1. The monoisotopic (exact) mass is 374 g/mol. The van der Waals surface area contributed by atoms with E-state index < -0.39 is 15.5 Å². The van der Waals surface area contributed by atoms with E-state index in [1.165, 1.54) is 12.1 Å². The number of hydrogen-bond acceptors (Lipinski definition) is 9. The Kier molecular flexibility index (Phi) is 3.73. The van der Waals surface area contributed by atoms with Crippen LogP contribution in [0.5, 0.6) is 0 Å². The first-order chi connectivity index (χ1) is 12.9. The second kappa shape index (κ2) is 5.98. The summed E-state index contributed by atoms with van der Waals surface area (Å²) in [5.41, 5.74) is -1.05. The first-order valence-corrected chi connectivity index (χ1v) is 8.05. The maximum atomic E-state index is 12.3. The second-order valence-corrected chi connectivity index (χ2v) is 6.24. The molecule has 1 aliphatic rings. The molecule has 1 saturated heterocycles. The summed E-state index contributed by atoms with van der Waals surface area (Å²) in [5.74, 6) is 0. The molecule has 1 fully saturated rings. The van der Waals surface area contributed by atoms with Crippen molar-refractivity contribution in [2.24, 2.45) is 0 Å². The van der Waals surface area contributed by atoms with E-state index in [4.69, 9.17) is 0 Å². The van der Waals surface area contributed by atoms with Crippen LogP contribution in [0, 0.1) is 25.4 Å². The van der Waals surface area contributed by atoms with Gasteiger partial charge in [-0.1, -0.05) is 0 Å². The maximum absolute atomic E-state index is 12.3. The third-order valence-corrected chi connectivity index (χ3v) is 4.66. The van der Waals surface area contributed by atoms with Crippen LogP contribution in [0.3, 0.4) is 0 Å². The largest absolute Gasteiger partial charge is 0.594 e. The molecule has 0 aliphatic carbocycles. The van der Waals surface area contributed by atoms with Crippen LogP contribution >= 0.6 is 0 Å². The van der Waals surface area contributed by atoms with E-state index in [0.717, 1.165) is 23.8 Å². The highest BCUT2D eigenvalue weighted by Gasteiger charge is 2.33. The summed E-state index contributed by atoms with van der Waals surface area (Å²) >= 11 is 0. The molecule has 0 N–H and O–H groups in total. The van der Waals surface area contributed by atoms with Crippen LogP contribution in [0.1, 0.15) is 0 Å². The van der Waals surface area contributed by atoms with Crippen LogP contribution in [-0.2, 0) is 0 Å². The van der Waals surface area contributed by atoms with E-state index in [-0.39, 0.29) is 27.2 Å². The van der Waals surface area contributed by atoms with Crippen molar-refractivity contribution in [1.82, 2.24) is 19.6 Å². The topological polar surface area (TPSA) is 150 Å². The molecular formula is C14H14N8O5. The minimum Gasteiger partial charge on any atom is -0.594 e. The van der Waals surface area contributed by atoms with Gasteiger partial charge in [-0.2, -0.15) is 9.61 Å². The van der Waals surface area contributed by atoms with E-state index in [1.807, 2.05) is 11.9 Å². The van der Waals surface area contributed by atoms with E-state index in [9.17, 15) is 25.4 Å². The van der Waals surface area contributed by atoms with Gasteiger partial charge in [-0.15, -0.1) is 0 Å². The molecule has 4 rings (SSSR count). The Labute approximate surface area is 150 Å². The Morgan fingerprint density at radius 2 is 1.81 bits per heavy atom. The van der Waals surface area contributed by atoms with Gasteiger partial charge < -0.3 is 15.0 Å². The van der Waals surface area contributed by atoms with Crippen molar-refractivity contribution in [3.8, 4) is 0 Å². The molecule has 13 nitrogen and oxygen atoms in total. The van der Waals surface area contributed by atoms with Crippen molar-refractivity contribution in [3.63, 3.8) is 0 Å². The zero-order valence-electron chi connectivity index (χ0n) is 14.2. The van der Waals surface area contributed by atoms with E-state index in [2.05, 4.69) is 15.1 Å². The number of rotatable bonds is 3. The van der Waals surface area contributed by atoms with E-state index in [1.54, 1.807) is 0 Å². The molecule has 0 saturated carbocycles. The second-order valence-electron chi connectivity index (χ2n) is 6.24. The Morgan fingerprint density at radius 1 is 1.11 bits per heavy atom. The molecule has 0 amide bonds. The fraction of sp³-hybridized carbons (Fsp3) is 0.357. The summed E-state index contributed by atoms with van der Waals surface area (Å²) in [6, 6.07) is 2.93. The molecular weight excluding hydrogens is 360 g/mol. The Balaban J connectivity index is 2.04. The van der Waals surface area contributed by atoms with Crippen LogP contribution in [-0.4, -0.2) is 62.7 Å². The minimum atomic E-state index is -0.739. The number of nitrogens with zero attached hydrogens (tertiary/aromatic N) is 8. The van der Waals surface area contributed by atoms with Gasteiger partial charge in [0.2, 0.25) is 5.52 Å². The van der Waals surface area contributed by atoms with Gasteiger partial charge in [-0.3, -0.25) is 20.2 Å². The summed E-state index contributed by atoms with van der Waals surface area (Å²) in [4.78, 5) is 25.8. The van der Waals surface area contributed by atoms with Crippen LogP contribution in [0.4, 0.5) is 17.1 Å². The SMILES string of the molecule is CN1CCN(c2ccc3c(c2[N+](=O)[O-])n2ncc([N+](=O)[O-])c2n[n+]3[O-])CC1. The van der Waals surface area contributed by atoms with Crippen molar-refractivity contribution in [2.45, 2.75) is 0 Å². The van der Waals surface area contributed by atoms with E-state index in [0.29, 0.717) is 18.8 Å². The zero-order valence-corrected chi connectivity index (χ0v) is 14.2. The Hall–Kier alpha value is -3.61. The van der Waals surface area contributed by atoms with Gasteiger partial charge in [0.05, 0.1) is 9.85 Å². The molecule has 0 radical (unpaired) electrons. The predicted molar refractivity (Wildman–Crippen MR) is 92.5 cm³/mol. The quantitative estimate of drug-likeness (QED) is 0.269. The third-order valence-electron chi connectivity index (χ3n) is 4.66. The molecule has 140 valence electrons. The summed E-state index contributed by atoms with van der Waals surface area (Å²) in [7, 11) is 1.96. The lowest BCUT2D eigenvalue weighted by atomic mass is 10.2. The number of nitro groups is 2. The molecule has 0 spiro atoms. The molecule has 1 aliphatic heterocycles. The Morgan fingerprint density at radius 3 is 2.44 bits per heavy atom. The number of fused-ring (bicyclic) bond motifs is 3. The van der Waals surface area contributed by atoms with Gasteiger partial charge in [0.15, 0.2) is 0 Å².